The monoisotopic (exact) mass is 415 g/mol. The molecule has 0 aromatic heterocycles. The summed E-state index contributed by atoms with van der Waals surface area (Å²) in [7, 11) is 0. The summed E-state index contributed by atoms with van der Waals surface area (Å²) in [6, 6.07) is 12.5. The summed E-state index contributed by atoms with van der Waals surface area (Å²) in [5.41, 5.74) is 0.961. The number of halogens is 1. The van der Waals surface area contributed by atoms with E-state index >= 15 is 0 Å². The van der Waals surface area contributed by atoms with Crippen molar-refractivity contribution in [2.75, 3.05) is 17.2 Å². The molecule has 7 nitrogen and oxygen atoms in total. The Balaban J connectivity index is 1.81. The van der Waals surface area contributed by atoms with Crippen molar-refractivity contribution in [1.82, 2.24) is 5.32 Å². The molecule has 2 aromatic rings. The molecule has 30 heavy (non-hydrogen) atoms. The van der Waals surface area contributed by atoms with E-state index in [9.17, 15) is 18.8 Å². The lowest BCUT2D eigenvalue weighted by Gasteiger charge is -2.19. The molecule has 0 aliphatic carbocycles. The topological polar surface area (TPSA) is 96.5 Å². The normalized spacial score (nSPS) is 10.8. The van der Waals surface area contributed by atoms with E-state index in [1.54, 1.807) is 57.2 Å². The van der Waals surface area contributed by atoms with Gasteiger partial charge in [0.05, 0.1) is 6.42 Å². The quantitative estimate of drug-likeness (QED) is 0.640. The summed E-state index contributed by atoms with van der Waals surface area (Å²) in [6.45, 7) is 5.39. The summed E-state index contributed by atoms with van der Waals surface area (Å²) in [5, 5.41) is 7.93. The maximum atomic E-state index is 13.2. The summed E-state index contributed by atoms with van der Waals surface area (Å²) in [4.78, 5) is 35.8. The minimum atomic E-state index is -0.605. The van der Waals surface area contributed by atoms with Crippen LogP contribution in [0.4, 0.5) is 20.6 Å². The van der Waals surface area contributed by atoms with Crippen molar-refractivity contribution in [3.63, 3.8) is 0 Å². The Labute approximate surface area is 175 Å². The number of benzene rings is 2. The van der Waals surface area contributed by atoms with Crippen molar-refractivity contribution in [3.05, 3.63) is 59.9 Å². The van der Waals surface area contributed by atoms with Crippen LogP contribution in [-0.4, -0.2) is 30.1 Å². The Morgan fingerprint density at radius 3 is 2.20 bits per heavy atom. The molecule has 3 N–H and O–H groups in total. The number of nitrogens with one attached hydrogen (secondary N) is 3. The number of amides is 3. The molecule has 0 saturated carbocycles. The zero-order valence-corrected chi connectivity index (χ0v) is 17.3. The van der Waals surface area contributed by atoms with E-state index in [1.807, 2.05) is 0 Å². The maximum Gasteiger partial charge on any atom is 0.407 e. The van der Waals surface area contributed by atoms with E-state index < -0.39 is 17.5 Å². The van der Waals surface area contributed by atoms with Gasteiger partial charge in [-0.2, -0.15) is 0 Å². The van der Waals surface area contributed by atoms with Gasteiger partial charge in [0, 0.05) is 24.3 Å². The molecule has 2 aromatic carbocycles. The van der Waals surface area contributed by atoms with Gasteiger partial charge < -0.3 is 20.7 Å². The largest absolute Gasteiger partial charge is 0.444 e. The third-order valence-corrected chi connectivity index (χ3v) is 3.70. The molecule has 0 fully saturated rings. The van der Waals surface area contributed by atoms with Gasteiger partial charge in [0.25, 0.3) is 0 Å². The SMILES string of the molecule is CC(C)(C)OC(=O)NCCC(=O)Nc1cccc(NC(=O)Cc2cccc(F)c2)c1. The second-order valence-electron chi connectivity index (χ2n) is 7.66. The fraction of sp³-hybridized carbons (Fsp3) is 0.318. The van der Waals surface area contributed by atoms with Crippen LogP contribution in [0.3, 0.4) is 0 Å². The molecule has 0 bridgehead atoms. The van der Waals surface area contributed by atoms with Gasteiger partial charge in [-0.15, -0.1) is 0 Å². The van der Waals surface area contributed by atoms with Gasteiger partial charge in [-0.1, -0.05) is 18.2 Å². The molecule has 0 radical (unpaired) electrons. The van der Waals surface area contributed by atoms with Crippen LogP contribution in [0, 0.1) is 5.82 Å². The van der Waals surface area contributed by atoms with Crippen molar-refractivity contribution in [3.8, 4) is 0 Å². The lowest BCUT2D eigenvalue weighted by Crippen LogP contribution is -2.34. The van der Waals surface area contributed by atoms with Crippen LogP contribution in [-0.2, 0) is 20.7 Å². The first-order valence-corrected chi connectivity index (χ1v) is 9.52. The number of anilines is 2. The van der Waals surface area contributed by atoms with Crippen molar-refractivity contribution >= 4 is 29.3 Å². The van der Waals surface area contributed by atoms with Crippen molar-refractivity contribution in [2.45, 2.75) is 39.2 Å². The van der Waals surface area contributed by atoms with Gasteiger partial charge in [0.2, 0.25) is 11.8 Å². The summed E-state index contributed by atoms with van der Waals surface area (Å²) in [6.07, 6.45) is -0.488. The van der Waals surface area contributed by atoms with E-state index in [0.717, 1.165) is 0 Å². The molecule has 0 aliphatic rings. The summed E-state index contributed by atoms with van der Waals surface area (Å²) >= 11 is 0. The lowest BCUT2D eigenvalue weighted by molar-refractivity contribution is -0.116. The van der Waals surface area contributed by atoms with Gasteiger partial charge in [0.15, 0.2) is 0 Å². The summed E-state index contributed by atoms with van der Waals surface area (Å²) < 4.78 is 18.3. The molecule has 0 aliphatic heterocycles. The van der Waals surface area contributed by atoms with Crippen LogP contribution in [0.2, 0.25) is 0 Å². The molecular weight excluding hydrogens is 389 g/mol. The van der Waals surface area contributed by atoms with E-state index in [2.05, 4.69) is 16.0 Å². The van der Waals surface area contributed by atoms with E-state index in [0.29, 0.717) is 16.9 Å². The number of carbonyl (C=O) groups excluding carboxylic acids is 3. The fourth-order valence-electron chi connectivity index (χ4n) is 2.53. The standard InChI is InChI=1S/C22H26FN3O4/c1-22(2,3)30-21(29)24-11-10-19(27)25-17-8-5-9-18(14-17)26-20(28)13-15-6-4-7-16(23)12-15/h4-9,12,14H,10-11,13H2,1-3H3,(H,24,29)(H,25,27)(H,26,28). The first-order valence-electron chi connectivity index (χ1n) is 9.52. The minimum absolute atomic E-state index is 0.0324. The molecule has 0 atom stereocenters. The van der Waals surface area contributed by atoms with Crippen LogP contribution in [0.5, 0.6) is 0 Å². The molecule has 2 rings (SSSR count). The zero-order valence-electron chi connectivity index (χ0n) is 17.3. The number of hydrogen-bond donors (Lipinski definition) is 3. The van der Waals surface area contributed by atoms with Crippen LogP contribution in [0.15, 0.2) is 48.5 Å². The predicted octanol–water partition coefficient (Wildman–Crippen LogP) is 3.86. The molecule has 0 heterocycles. The number of carbonyl (C=O) groups is 3. The smallest absolute Gasteiger partial charge is 0.407 e. The fourth-order valence-corrected chi connectivity index (χ4v) is 2.53. The highest BCUT2D eigenvalue weighted by Gasteiger charge is 2.16. The highest BCUT2D eigenvalue weighted by atomic mass is 19.1. The second-order valence-corrected chi connectivity index (χ2v) is 7.66. The number of rotatable bonds is 7. The maximum absolute atomic E-state index is 13.2. The molecule has 3 amide bonds. The minimum Gasteiger partial charge on any atom is -0.444 e. The first kappa shape index (κ1) is 22.9. The zero-order chi connectivity index (χ0) is 22.1. The van der Waals surface area contributed by atoms with Gasteiger partial charge in [-0.05, 0) is 56.7 Å². The van der Waals surface area contributed by atoms with Crippen LogP contribution < -0.4 is 16.0 Å². The van der Waals surface area contributed by atoms with Crippen LogP contribution >= 0.6 is 0 Å². The predicted molar refractivity (Wildman–Crippen MR) is 113 cm³/mol. The molecule has 0 saturated heterocycles. The third-order valence-electron chi connectivity index (χ3n) is 3.70. The first-order chi connectivity index (χ1) is 14.1. The molecule has 160 valence electrons. The average Bonchev–Trinajstić information content (AvgIpc) is 2.60. The third kappa shape index (κ3) is 8.72. The highest BCUT2D eigenvalue weighted by molar-refractivity contribution is 5.95. The van der Waals surface area contributed by atoms with Gasteiger partial charge in [-0.3, -0.25) is 9.59 Å². The van der Waals surface area contributed by atoms with E-state index in [-0.39, 0.29) is 31.2 Å². The van der Waals surface area contributed by atoms with Gasteiger partial charge >= 0.3 is 6.09 Å². The van der Waals surface area contributed by atoms with Gasteiger partial charge in [-0.25, -0.2) is 9.18 Å². The van der Waals surface area contributed by atoms with Crippen molar-refractivity contribution < 1.29 is 23.5 Å². The Bertz CT molecular complexity index is 909. The Morgan fingerprint density at radius 1 is 0.933 bits per heavy atom. The molecule has 0 spiro atoms. The van der Waals surface area contributed by atoms with Crippen molar-refractivity contribution in [2.24, 2.45) is 0 Å². The van der Waals surface area contributed by atoms with Gasteiger partial charge in [0.1, 0.15) is 11.4 Å². The molecule has 0 unspecified atom stereocenters. The second kappa shape index (κ2) is 10.4. The lowest BCUT2D eigenvalue weighted by atomic mass is 10.1. The Hall–Kier alpha value is -3.42. The average molecular weight is 415 g/mol. The number of alkyl carbamates (subject to hydrolysis) is 1. The highest BCUT2D eigenvalue weighted by Crippen LogP contribution is 2.16. The van der Waals surface area contributed by atoms with E-state index in [4.69, 9.17) is 4.74 Å². The Morgan fingerprint density at radius 2 is 1.57 bits per heavy atom. The van der Waals surface area contributed by atoms with Crippen LogP contribution in [0.1, 0.15) is 32.8 Å². The summed E-state index contributed by atoms with van der Waals surface area (Å²) in [5.74, 6) is -0.994. The Kier molecular flexibility index (Phi) is 7.91. The number of hydrogen-bond acceptors (Lipinski definition) is 4. The number of ether oxygens (including phenoxy) is 1. The molecular formula is C22H26FN3O4. The van der Waals surface area contributed by atoms with Crippen LogP contribution in [0.25, 0.3) is 0 Å². The van der Waals surface area contributed by atoms with Crippen molar-refractivity contribution in [1.29, 1.82) is 0 Å². The van der Waals surface area contributed by atoms with E-state index in [1.165, 1.54) is 12.1 Å². The molecule has 8 heteroatoms.